The van der Waals surface area contributed by atoms with Crippen molar-refractivity contribution in [1.29, 1.82) is 0 Å². The third-order valence-corrected chi connectivity index (χ3v) is 4.84. The van der Waals surface area contributed by atoms with Gasteiger partial charge in [0, 0.05) is 38.1 Å². The molecule has 1 atom stereocenters. The number of aliphatic carboxylic acids is 1. The average molecular weight is 268 g/mol. The van der Waals surface area contributed by atoms with Gasteiger partial charge in [0.25, 0.3) is 0 Å². The predicted molar refractivity (Wildman–Crippen MR) is 76.4 cm³/mol. The summed E-state index contributed by atoms with van der Waals surface area (Å²) < 4.78 is 0. The standard InChI is InChI=1S/C15H28N2O2/c1-16-10-11-17(12-14(16)8-9-15(18)19)13-6-4-2-3-5-7-13/h13-14H,2-12H2,1H3,(H,18,19). The van der Waals surface area contributed by atoms with Crippen LogP contribution in [0.2, 0.25) is 0 Å². The van der Waals surface area contributed by atoms with Gasteiger partial charge in [0.05, 0.1) is 0 Å². The number of piperazine rings is 1. The molecule has 0 radical (unpaired) electrons. The van der Waals surface area contributed by atoms with Crippen molar-refractivity contribution in [3.63, 3.8) is 0 Å². The number of carboxylic acids is 1. The van der Waals surface area contributed by atoms with Crippen LogP contribution in [-0.4, -0.2) is 59.6 Å². The summed E-state index contributed by atoms with van der Waals surface area (Å²) in [6, 6.07) is 1.18. The monoisotopic (exact) mass is 268 g/mol. The van der Waals surface area contributed by atoms with Gasteiger partial charge < -0.3 is 10.0 Å². The zero-order valence-electron chi connectivity index (χ0n) is 12.2. The van der Waals surface area contributed by atoms with Crippen molar-refractivity contribution in [3.8, 4) is 0 Å². The van der Waals surface area contributed by atoms with Crippen LogP contribution in [-0.2, 0) is 4.79 Å². The highest BCUT2D eigenvalue weighted by atomic mass is 16.4. The maximum Gasteiger partial charge on any atom is 0.303 e. The Bertz CT molecular complexity index is 288. The fourth-order valence-electron chi connectivity index (χ4n) is 3.53. The van der Waals surface area contributed by atoms with Gasteiger partial charge in [-0.25, -0.2) is 0 Å². The number of hydrogen-bond donors (Lipinski definition) is 1. The van der Waals surface area contributed by atoms with Crippen LogP contribution in [0.4, 0.5) is 0 Å². The summed E-state index contributed by atoms with van der Waals surface area (Å²) in [5, 5.41) is 8.85. The minimum atomic E-state index is -0.667. The molecule has 0 bridgehead atoms. The van der Waals surface area contributed by atoms with E-state index in [0.29, 0.717) is 12.5 Å². The van der Waals surface area contributed by atoms with Gasteiger partial charge >= 0.3 is 5.97 Å². The van der Waals surface area contributed by atoms with E-state index in [0.717, 1.165) is 32.1 Å². The first-order valence-corrected chi connectivity index (χ1v) is 7.83. The Morgan fingerprint density at radius 3 is 2.47 bits per heavy atom. The minimum Gasteiger partial charge on any atom is -0.481 e. The molecule has 1 saturated heterocycles. The zero-order chi connectivity index (χ0) is 13.7. The lowest BCUT2D eigenvalue weighted by atomic mass is 10.0. The highest BCUT2D eigenvalue weighted by Crippen LogP contribution is 2.24. The Hall–Kier alpha value is -0.610. The number of nitrogens with zero attached hydrogens (tertiary/aromatic N) is 2. The van der Waals surface area contributed by atoms with E-state index < -0.39 is 5.97 Å². The largest absolute Gasteiger partial charge is 0.481 e. The molecule has 1 aliphatic heterocycles. The van der Waals surface area contributed by atoms with Crippen molar-refractivity contribution >= 4 is 5.97 Å². The second-order valence-electron chi connectivity index (χ2n) is 6.21. The predicted octanol–water partition coefficient (Wildman–Crippen LogP) is 2.19. The zero-order valence-corrected chi connectivity index (χ0v) is 12.2. The van der Waals surface area contributed by atoms with E-state index in [4.69, 9.17) is 5.11 Å². The molecule has 2 fully saturated rings. The third kappa shape index (κ3) is 4.46. The number of hydrogen-bond acceptors (Lipinski definition) is 3. The molecule has 4 heteroatoms. The summed E-state index contributed by atoms with van der Waals surface area (Å²) >= 11 is 0. The first kappa shape index (κ1) is 14.8. The van der Waals surface area contributed by atoms with E-state index in [-0.39, 0.29) is 0 Å². The molecule has 1 aliphatic carbocycles. The molecule has 1 saturated carbocycles. The molecule has 0 amide bonds. The highest BCUT2D eigenvalue weighted by molar-refractivity contribution is 5.66. The van der Waals surface area contributed by atoms with Crippen molar-refractivity contribution in [3.05, 3.63) is 0 Å². The lowest BCUT2D eigenvalue weighted by molar-refractivity contribution is -0.137. The van der Waals surface area contributed by atoms with E-state index in [1.807, 2.05) is 0 Å². The van der Waals surface area contributed by atoms with Crippen LogP contribution in [0, 0.1) is 0 Å². The van der Waals surface area contributed by atoms with E-state index in [1.54, 1.807) is 0 Å². The van der Waals surface area contributed by atoms with Gasteiger partial charge in [-0.05, 0) is 26.3 Å². The summed E-state index contributed by atoms with van der Waals surface area (Å²) in [5.41, 5.74) is 0. The van der Waals surface area contributed by atoms with Crippen LogP contribution < -0.4 is 0 Å². The van der Waals surface area contributed by atoms with Crippen molar-refractivity contribution in [2.24, 2.45) is 0 Å². The molecule has 4 nitrogen and oxygen atoms in total. The quantitative estimate of drug-likeness (QED) is 0.794. The number of carboxylic acid groups (broad SMARTS) is 1. The number of carbonyl (C=O) groups is 1. The van der Waals surface area contributed by atoms with Crippen molar-refractivity contribution in [2.75, 3.05) is 26.7 Å². The molecular weight excluding hydrogens is 240 g/mol. The van der Waals surface area contributed by atoms with Crippen molar-refractivity contribution in [1.82, 2.24) is 9.80 Å². The van der Waals surface area contributed by atoms with Gasteiger partial charge in [-0.3, -0.25) is 9.69 Å². The minimum absolute atomic E-state index is 0.299. The molecule has 1 heterocycles. The van der Waals surface area contributed by atoms with E-state index in [9.17, 15) is 4.79 Å². The van der Waals surface area contributed by atoms with Crippen LogP contribution in [0.1, 0.15) is 51.4 Å². The maximum absolute atomic E-state index is 10.7. The molecule has 2 rings (SSSR count). The van der Waals surface area contributed by atoms with E-state index in [1.165, 1.54) is 38.5 Å². The summed E-state index contributed by atoms with van der Waals surface area (Å²) in [6.45, 7) is 3.31. The molecule has 1 unspecified atom stereocenters. The molecule has 0 spiro atoms. The normalized spacial score (nSPS) is 28.2. The SMILES string of the molecule is CN1CCN(C2CCCCCC2)CC1CCC(=O)O. The van der Waals surface area contributed by atoms with Gasteiger partial charge in [0.1, 0.15) is 0 Å². The molecule has 0 aromatic carbocycles. The van der Waals surface area contributed by atoms with E-state index >= 15 is 0 Å². The van der Waals surface area contributed by atoms with Crippen LogP contribution >= 0.6 is 0 Å². The van der Waals surface area contributed by atoms with Gasteiger partial charge in [-0.2, -0.15) is 0 Å². The van der Waals surface area contributed by atoms with Crippen LogP contribution in [0.5, 0.6) is 0 Å². The molecule has 2 aliphatic rings. The summed E-state index contributed by atoms with van der Waals surface area (Å²) in [6.07, 6.45) is 9.31. The Labute approximate surface area is 116 Å². The summed E-state index contributed by atoms with van der Waals surface area (Å²) in [5.74, 6) is -0.667. The Morgan fingerprint density at radius 1 is 1.16 bits per heavy atom. The summed E-state index contributed by atoms with van der Waals surface area (Å²) in [4.78, 5) is 15.7. The second kappa shape index (κ2) is 7.25. The fourth-order valence-corrected chi connectivity index (χ4v) is 3.53. The molecular formula is C15H28N2O2. The smallest absolute Gasteiger partial charge is 0.303 e. The highest BCUT2D eigenvalue weighted by Gasteiger charge is 2.29. The Balaban J connectivity index is 1.86. The maximum atomic E-state index is 10.7. The van der Waals surface area contributed by atoms with Crippen LogP contribution in [0.15, 0.2) is 0 Å². The lowest BCUT2D eigenvalue weighted by Gasteiger charge is -2.43. The molecule has 110 valence electrons. The second-order valence-corrected chi connectivity index (χ2v) is 6.21. The number of likely N-dealkylation sites (N-methyl/N-ethyl adjacent to an activating group) is 1. The molecule has 1 N–H and O–H groups in total. The first-order valence-electron chi connectivity index (χ1n) is 7.83. The number of rotatable bonds is 4. The Morgan fingerprint density at radius 2 is 1.84 bits per heavy atom. The Kier molecular flexibility index (Phi) is 5.64. The van der Waals surface area contributed by atoms with Crippen molar-refractivity contribution < 1.29 is 9.90 Å². The van der Waals surface area contributed by atoms with Crippen LogP contribution in [0.25, 0.3) is 0 Å². The molecule has 19 heavy (non-hydrogen) atoms. The van der Waals surface area contributed by atoms with Crippen LogP contribution in [0.3, 0.4) is 0 Å². The lowest BCUT2D eigenvalue weighted by Crippen LogP contribution is -2.54. The molecule has 0 aromatic rings. The molecule has 0 aromatic heterocycles. The first-order chi connectivity index (χ1) is 9.16. The average Bonchev–Trinajstić information content (AvgIpc) is 2.66. The van der Waals surface area contributed by atoms with Crippen molar-refractivity contribution in [2.45, 2.75) is 63.5 Å². The van der Waals surface area contributed by atoms with Gasteiger partial charge in [0.2, 0.25) is 0 Å². The van der Waals surface area contributed by atoms with Gasteiger partial charge in [-0.15, -0.1) is 0 Å². The van der Waals surface area contributed by atoms with E-state index in [2.05, 4.69) is 16.8 Å². The van der Waals surface area contributed by atoms with Gasteiger partial charge in [-0.1, -0.05) is 25.7 Å². The topological polar surface area (TPSA) is 43.8 Å². The van der Waals surface area contributed by atoms with Gasteiger partial charge in [0.15, 0.2) is 0 Å². The fraction of sp³-hybridized carbons (Fsp3) is 0.933. The third-order valence-electron chi connectivity index (χ3n) is 4.84. The summed E-state index contributed by atoms with van der Waals surface area (Å²) in [7, 11) is 2.14.